The Kier molecular flexibility index (Phi) is 5.59. The standard InChI is InChI=1S/C15H20F2N6O2/c1-9-4-10(2-3-18-6-9)24-14-8-19-7-12(21-14)20-11-5-13(23-22-11)25-15(16)17/h5,7-10,15,18H,2-4,6H2,1H3,(H2,20,21,22,23)/t9-,10+/m0/s1. The number of nitrogens with one attached hydrogen (secondary N) is 3. The number of nitrogens with zero attached hydrogens (tertiary/aromatic N) is 3. The van der Waals surface area contributed by atoms with E-state index in [-0.39, 0.29) is 17.8 Å². The van der Waals surface area contributed by atoms with Crippen molar-refractivity contribution in [2.45, 2.75) is 32.5 Å². The predicted molar refractivity (Wildman–Crippen MR) is 86.2 cm³/mol. The molecule has 2 aromatic rings. The fraction of sp³-hybridized carbons (Fsp3) is 0.533. The monoisotopic (exact) mass is 354 g/mol. The van der Waals surface area contributed by atoms with Crippen LogP contribution in [0.2, 0.25) is 0 Å². The zero-order chi connectivity index (χ0) is 17.6. The molecule has 1 saturated heterocycles. The average Bonchev–Trinajstić information content (AvgIpc) is 2.87. The van der Waals surface area contributed by atoms with E-state index in [4.69, 9.17) is 4.74 Å². The SMILES string of the molecule is C[C@@H]1CNCC[C@@H](Oc2cncc(Nc3cc(OC(F)F)[nH]n3)n2)C1. The van der Waals surface area contributed by atoms with Crippen molar-refractivity contribution < 1.29 is 18.3 Å². The smallest absolute Gasteiger partial charge is 0.388 e. The van der Waals surface area contributed by atoms with Gasteiger partial charge in [0.1, 0.15) is 6.10 Å². The van der Waals surface area contributed by atoms with Gasteiger partial charge < -0.3 is 20.1 Å². The van der Waals surface area contributed by atoms with Crippen LogP contribution in [0.3, 0.4) is 0 Å². The topological polar surface area (TPSA) is 97.0 Å². The highest BCUT2D eigenvalue weighted by molar-refractivity contribution is 5.51. The Labute approximate surface area is 143 Å². The Hall–Kier alpha value is -2.49. The third-order valence-electron chi connectivity index (χ3n) is 3.73. The van der Waals surface area contributed by atoms with E-state index in [0.717, 1.165) is 25.9 Å². The van der Waals surface area contributed by atoms with E-state index in [9.17, 15) is 8.78 Å². The molecule has 136 valence electrons. The first-order valence-corrected chi connectivity index (χ1v) is 8.05. The van der Waals surface area contributed by atoms with Crippen molar-refractivity contribution in [1.82, 2.24) is 25.5 Å². The fourth-order valence-corrected chi connectivity index (χ4v) is 2.66. The minimum Gasteiger partial charge on any atom is -0.473 e. The van der Waals surface area contributed by atoms with E-state index >= 15 is 0 Å². The molecule has 0 bridgehead atoms. The molecular weight excluding hydrogens is 334 g/mol. The molecule has 3 heterocycles. The molecule has 0 amide bonds. The number of ether oxygens (including phenoxy) is 2. The molecule has 3 rings (SSSR count). The highest BCUT2D eigenvalue weighted by Gasteiger charge is 2.19. The van der Waals surface area contributed by atoms with E-state index in [1.807, 2.05) is 0 Å². The minimum atomic E-state index is -2.92. The van der Waals surface area contributed by atoms with Gasteiger partial charge in [0.2, 0.25) is 11.8 Å². The lowest BCUT2D eigenvalue weighted by Gasteiger charge is -2.18. The van der Waals surface area contributed by atoms with Crippen LogP contribution in [0.4, 0.5) is 20.4 Å². The summed E-state index contributed by atoms with van der Waals surface area (Å²) in [6.07, 6.45) is 4.96. The summed E-state index contributed by atoms with van der Waals surface area (Å²) >= 11 is 0. The maximum absolute atomic E-state index is 12.2. The van der Waals surface area contributed by atoms with E-state index in [1.54, 1.807) is 6.20 Å². The van der Waals surface area contributed by atoms with E-state index in [0.29, 0.717) is 17.6 Å². The van der Waals surface area contributed by atoms with Gasteiger partial charge in [-0.3, -0.25) is 4.98 Å². The maximum atomic E-state index is 12.2. The molecule has 3 N–H and O–H groups in total. The third kappa shape index (κ3) is 5.24. The summed E-state index contributed by atoms with van der Waals surface area (Å²) in [7, 11) is 0. The number of anilines is 2. The van der Waals surface area contributed by atoms with E-state index in [1.165, 1.54) is 12.3 Å². The lowest BCUT2D eigenvalue weighted by Crippen LogP contribution is -2.20. The van der Waals surface area contributed by atoms with Crippen molar-refractivity contribution in [3.8, 4) is 11.8 Å². The zero-order valence-electron chi connectivity index (χ0n) is 13.7. The van der Waals surface area contributed by atoms with Gasteiger partial charge in [-0.25, -0.2) is 5.10 Å². The Morgan fingerprint density at radius 3 is 3.04 bits per heavy atom. The second-order valence-corrected chi connectivity index (χ2v) is 5.94. The molecule has 8 nitrogen and oxygen atoms in total. The summed E-state index contributed by atoms with van der Waals surface area (Å²) in [4.78, 5) is 8.42. The summed E-state index contributed by atoms with van der Waals surface area (Å²) in [6.45, 7) is 1.14. The number of aromatic nitrogens is 4. The lowest BCUT2D eigenvalue weighted by molar-refractivity contribution is -0.0528. The van der Waals surface area contributed by atoms with Gasteiger partial charge in [0.15, 0.2) is 11.6 Å². The van der Waals surface area contributed by atoms with E-state index in [2.05, 4.69) is 42.5 Å². The number of halogens is 2. The minimum absolute atomic E-state index is 0.0750. The Morgan fingerprint density at radius 1 is 1.32 bits per heavy atom. The van der Waals surface area contributed by atoms with Crippen LogP contribution in [0.15, 0.2) is 18.5 Å². The van der Waals surface area contributed by atoms with Gasteiger partial charge in [0.05, 0.1) is 12.4 Å². The van der Waals surface area contributed by atoms with Gasteiger partial charge in [-0.15, -0.1) is 0 Å². The Morgan fingerprint density at radius 2 is 2.20 bits per heavy atom. The molecule has 0 aromatic carbocycles. The first kappa shape index (κ1) is 17.3. The second kappa shape index (κ2) is 8.06. The third-order valence-corrected chi connectivity index (χ3v) is 3.73. The summed E-state index contributed by atoms with van der Waals surface area (Å²) in [5.41, 5.74) is 0. The van der Waals surface area contributed by atoms with Crippen LogP contribution in [0.25, 0.3) is 0 Å². The zero-order valence-corrected chi connectivity index (χ0v) is 13.7. The van der Waals surface area contributed by atoms with Crippen LogP contribution in [0.5, 0.6) is 11.8 Å². The maximum Gasteiger partial charge on any atom is 0.388 e. The van der Waals surface area contributed by atoms with Crippen molar-refractivity contribution in [3.05, 3.63) is 18.5 Å². The van der Waals surface area contributed by atoms with Crippen LogP contribution in [-0.2, 0) is 0 Å². The number of hydrogen-bond acceptors (Lipinski definition) is 7. The molecule has 0 radical (unpaired) electrons. The van der Waals surface area contributed by atoms with Gasteiger partial charge in [-0.1, -0.05) is 6.92 Å². The summed E-state index contributed by atoms with van der Waals surface area (Å²) in [6, 6.07) is 1.31. The molecule has 2 atom stereocenters. The molecule has 0 spiro atoms. The largest absolute Gasteiger partial charge is 0.473 e. The van der Waals surface area contributed by atoms with Crippen LogP contribution in [-0.4, -0.2) is 46.0 Å². The molecular formula is C15H20F2N6O2. The van der Waals surface area contributed by atoms with E-state index < -0.39 is 6.61 Å². The molecule has 0 aliphatic carbocycles. The summed E-state index contributed by atoms with van der Waals surface area (Å²) < 4.78 is 34.5. The van der Waals surface area contributed by atoms with Gasteiger partial charge >= 0.3 is 6.61 Å². The summed E-state index contributed by atoms with van der Waals surface area (Å²) in [5.74, 6) is 1.47. The van der Waals surface area contributed by atoms with Crippen LogP contribution in [0.1, 0.15) is 19.8 Å². The van der Waals surface area contributed by atoms with Crippen molar-refractivity contribution in [3.63, 3.8) is 0 Å². The number of aromatic amines is 1. The van der Waals surface area contributed by atoms with Crippen molar-refractivity contribution in [1.29, 1.82) is 0 Å². The highest BCUT2D eigenvalue weighted by Crippen LogP contribution is 2.21. The molecule has 1 aliphatic heterocycles. The van der Waals surface area contributed by atoms with Gasteiger partial charge in [-0.2, -0.15) is 18.9 Å². The fourth-order valence-electron chi connectivity index (χ4n) is 2.66. The first-order valence-electron chi connectivity index (χ1n) is 8.05. The molecule has 1 fully saturated rings. The van der Waals surface area contributed by atoms with Crippen LogP contribution < -0.4 is 20.1 Å². The quantitative estimate of drug-likeness (QED) is 0.732. The van der Waals surface area contributed by atoms with Gasteiger partial charge in [-0.05, 0) is 31.8 Å². The Bertz CT molecular complexity index is 684. The summed E-state index contributed by atoms with van der Waals surface area (Å²) in [5, 5.41) is 12.4. The number of rotatable bonds is 6. The lowest BCUT2D eigenvalue weighted by atomic mass is 10.0. The average molecular weight is 354 g/mol. The van der Waals surface area contributed by atoms with Crippen molar-refractivity contribution in [2.75, 3.05) is 18.4 Å². The van der Waals surface area contributed by atoms with Crippen molar-refractivity contribution >= 4 is 11.6 Å². The van der Waals surface area contributed by atoms with Crippen molar-refractivity contribution in [2.24, 2.45) is 5.92 Å². The molecule has 2 aromatic heterocycles. The number of hydrogen-bond donors (Lipinski definition) is 3. The van der Waals surface area contributed by atoms with Gasteiger partial charge in [0.25, 0.3) is 0 Å². The predicted octanol–water partition coefficient (Wildman–Crippen LogP) is 2.31. The van der Waals surface area contributed by atoms with Gasteiger partial charge in [0, 0.05) is 6.07 Å². The number of H-pyrrole nitrogens is 1. The second-order valence-electron chi connectivity index (χ2n) is 5.94. The molecule has 0 unspecified atom stereocenters. The Balaban J connectivity index is 1.62. The van der Waals surface area contributed by atoms with Crippen LogP contribution >= 0.6 is 0 Å². The molecule has 1 aliphatic rings. The number of alkyl halides is 2. The first-order chi connectivity index (χ1) is 12.1. The normalized spacial score (nSPS) is 21.0. The molecule has 10 heteroatoms. The molecule has 25 heavy (non-hydrogen) atoms. The molecule has 0 saturated carbocycles. The highest BCUT2D eigenvalue weighted by atomic mass is 19.3. The van der Waals surface area contributed by atoms with Crippen LogP contribution in [0, 0.1) is 5.92 Å².